The SMILES string of the molecule is c1ccc(-c2cc(-c3cccc(-c4cccc(-c5nc6ccccc6c6c7c(ccc56)C5(c6ccccc6O7)c6ccccc6-c6ccccc65)c4)c3)nc(-c3ccccc3)n2)cc1. The minimum atomic E-state index is -0.561. The topological polar surface area (TPSA) is 47.9 Å². The summed E-state index contributed by atoms with van der Waals surface area (Å²) in [6.45, 7) is 0. The standard InChI is InChI=1S/C60H37N3O/c1-3-17-38(18-4-1)53-37-54(63-59(62-53)39-19-5-2-6-20-39)42-23-15-21-40(35-42)41-22-16-24-43(36-41)57-47-33-34-51-58(56(47)46-27-9-13-31-52(46)61-57)64-55-32-14-12-30-50(55)60(51)48-28-10-7-25-44(48)45-26-8-11-29-49(45)60/h1-37H. The lowest BCUT2D eigenvalue weighted by atomic mass is 9.65. The van der Waals surface area contributed by atoms with Crippen molar-refractivity contribution in [2.45, 2.75) is 5.41 Å². The Labute approximate surface area is 370 Å². The molecule has 0 bridgehead atoms. The number of ether oxygens (including phenoxy) is 1. The fourth-order valence-electron chi connectivity index (χ4n) is 10.3. The van der Waals surface area contributed by atoms with E-state index < -0.39 is 5.41 Å². The molecule has 2 aromatic heterocycles. The highest BCUT2D eigenvalue weighted by molar-refractivity contribution is 6.15. The summed E-state index contributed by atoms with van der Waals surface area (Å²) in [6, 6.07) is 79.4. The molecule has 1 aliphatic carbocycles. The van der Waals surface area contributed by atoms with Gasteiger partial charge in [-0.1, -0.05) is 194 Å². The van der Waals surface area contributed by atoms with Gasteiger partial charge in [0.2, 0.25) is 0 Å². The lowest BCUT2D eigenvalue weighted by molar-refractivity contribution is 0.442. The van der Waals surface area contributed by atoms with Gasteiger partial charge < -0.3 is 4.74 Å². The van der Waals surface area contributed by atoms with Gasteiger partial charge in [0.15, 0.2) is 5.82 Å². The molecule has 0 radical (unpaired) electrons. The Bertz CT molecular complexity index is 3550. The molecule has 0 saturated carbocycles. The van der Waals surface area contributed by atoms with Crippen LogP contribution in [-0.2, 0) is 5.41 Å². The molecule has 0 atom stereocenters. The Morgan fingerprint density at radius 2 is 0.891 bits per heavy atom. The molecular weight excluding hydrogens is 779 g/mol. The first-order valence-electron chi connectivity index (χ1n) is 21.8. The molecule has 298 valence electrons. The molecule has 4 nitrogen and oxygen atoms in total. The molecule has 0 N–H and O–H groups in total. The van der Waals surface area contributed by atoms with Crippen LogP contribution in [0.4, 0.5) is 0 Å². The first-order valence-corrected chi connectivity index (χ1v) is 21.8. The van der Waals surface area contributed by atoms with Gasteiger partial charge in [-0.3, -0.25) is 0 Å². The highest BCUT2D eigenvalue weighted by atomic mass is 16.5. The second kappa shape index (κ2) is 14.3. The maximum atomic E-state index is 7.19. The molecule has 1 aliphatic heterocycles. The summed E-state index contributed by atoms with van der Waals surface area (Å²) < 4.78 is 7.19. The molecule has 9 aromatic carbocycles. The third kappa shape index (κ3) is 5.46. The maximum Gasteiger partial charge on any atom is 0.160 e. The largest absolute Gasteiger partial charge is 0.456 e. The first kappa shape index (κ1) is 36.2. The van der Waals surface area contributed by atoms with Gasteiger partial charge >= 0.3 is 0 Å². The predicted molar refractivity (Wildman–Crippen MR) is 259 cm³/mol. The third-order valence-electron chi connectivity index (χ3n) is 13.1. The van der Waals surface area contributed by atoms with Crippen LogP contribution in [0, 0.1) is 0 Å². The summed E-state index contributed by atoms with van der Waals surface area (Å²) >= 11 is 0. The molecule has 0 amide bonds. The molecule has 13 rings (SSSR count). The zero-order valence-electron chi connectivity index (χ0n) is 34.6. The Morgan fingerprint density at radius 3 is 1.62 bits per heavy atom. The number of aromatic nitrogens is 3. The van der Waals surface area contributed by atoms with Crippen molar-refractivity contribution in [3.63, 3.8) is 0 Å². The predicted octanol–water partition coefficient (Wildman–Crippen LogP) is 15.0. The monoisotopic (exact) mass is 815 g/mol. The number of fused-ring (bicyclic) bond motifs is 13. The molecule has 1 spiro atoms. The molecule has 0 saturated heterocycles. The number of pyridine rings is 1. The second-order valence-corrected chi connectivity index (χ2v) is 16.6. The minimum absolute atomic E-state index is 0.561. The highest BCUT2D eigenvalue weighted by Crippen LogP contribution is 2.63. The normalized spacial score (nSPS) is 12.9. The summed E-state index contributed by atoms with van der Waals surface area (Å²) in [5.74, 6) is 2.44. The maximum absolute atomic E-state index is 7.19. The van der Waals surface area contributed by atoms with Crippen LogP contribution in [0.5, 0.6) is 11.5 Å². The van der Waals surface area contributed by atoms with E-state index in [0.717, 1.165) is 94.8 Å². The second-order valence-electron chi connectivity index (χ2n) is 16.6. The summed E-state index contributed by atoms with van der Waals surface area (Å²) in [5.41, 5.74) is 16.6. The van der Waals surface area contributed by atoms with Crippen LogP contribution in [0.15, 0.2) is 224 Å². The van der Waals surface area contributed by atoms with E-state index in [1.807, 2.05) is 36.4 Å². The van der Waals surface area contributed by atoms with Crippen molar-refractivity contribution in [3.05, 3.63) is 247 Å². The summed E-state index contributed by atoms with van der Waals surface area (Å²) in [4.78, 5) is 15.6. The minimum Gasteiger partial charge on any atom is -0.456 e. The molecular formula is C60H37N3O. The van der Waals surface area contributed by atoms with Crippen LogP contribution >= 0.6 is 0 Å². The van der Waals surface area contributed by atoms with Crippen LogP contribution in [0.3, 0.4) is 0 Å². The summed E-state index contributed by atoms with van der Waals surface area (Å²) in [6.07, 6.45) is 0. The van der Waals surface area contributed by atoms with Crippen molar-refractivity contribution in [3.8, 4) is 78.9 Å². The molecule has 2 aliphatic rings. The number of nitrogens with zero attached hydrogens (tertiary/aromatic N) is 3. The van der Waals surface area contributed by atoms with Gasteiger partial charge in [-0.15, -0.1) is 0 Å². The molecule has 11 aromatic rings. The number of benzene rings is 9. The van der Waals surface area contributed by atoms with Gasteiger partial charge in [0, 0.05) is 49.5 Å². The van der Waals surface area contributed by atoms with Crippen molar-refractivity contribution in [2.24, 2.45) is 0 Å². The van der Waals surface area contributed by atoms with Crippen molar-refractivity contribution in [2.75, 3.05) is 0 Å². The van der Waals surface area contributed by atoms with Crippen molar-refractivity contribution in [1.82, 2.24) is 15.0 Å². The Balaban J connectivity index is 0.985. The average Bonchev–Trinajstić information content (AvgIpc) is 3.67. The van der Waals surface area contributed by atoms with Crippen LogP contribution in [-0.4, -0.2) is 15.0 Å². The zero-order valence-corrected chi connectivity index (χ0v) is 34.6. The quantitative estimate of drug-likeness (QED) is 0.162. The van der Waals surface area contributed by atoms with Gasteiger partial charge in [0.1, 0.15) is 11.5 Å². The molecule has 0 fully saturated rings. The van der Waals surface area contributed by atoms with E-state index in [1.54, 1.807) is 0 Å². The zero-order chi connectivity index (χ0) is 42.2. The Morgan fingerprint density at radius 1 is 0.344 bits per heavy atom. The fraction of sp³-hybridized carbons (Fsp3) is 0.0167. The van der Waals surface area contributed by atoms with Crippen molar-refractivity contribution >= 4 is 21.7 Å². The number of rotatable bonds is 5. The smallest absolute Gasteiger partial charge is 0.160 e. The van der Waals surface area contributed by atoms with Gasteiger partial charge in [-0.25, -0.2) is 15.0 Å². The van der Waals surface area contributed by atoms with Crippen LogP contribution < -0.4 is 4.74 Å². The first-order chi connectivity index (χ1) is 31.7. The average molecular weight is 816 g/mol. The van der Waals surface area contributed by atoms with E-state index in [2.05, 4.69) is 188 Å². The fourth-order valence-corrected chi connectivity index (χ4v) is 10.3. The lowest BCUT2D eigenvalue weighted by Crippen LogP contribution is -2.32. The van der Waals surface area contributed by atoms with E-state index in [0.29, 0.717) is 5.82 Å². The molecule has 3 heterocycles. The Hall–Kier alpha value is -8.47. The molecule has 0 unspecified atom stereocenters. The van der Waals surface area contributed by atoms with E-state index in [4.69, 9.17) is 19.7 Å². The lowest BCUT2D eigenvalue weighted by Gasteiger charge is -2.40. The number of para-hydroxylation sites is 2. The van der Waals surface area contributed by atoms with Crippen molar-refractivity contribution < 1.29 is 4.74 Å². The Kier molecular flexibility index (Phi) is 8.09. The number of hydrogen-bond acceptors (Lipinski definition) is 4. The third-order valence-corrected chi connectivity index (χ3v) is 13.1. The highest BCUT2D eigenvalue weighted by Gasteiger charge is 2.51. The van der Waals surface area contributed by atoms with Crippen LogP contribution in [0.1, 0.15) is 22.3 Å². The summed E-state index contributed by atoms with van der Waals surface area (Å²) in [5, 5.41) is 3.17. The van der Waals surface area contributed by atoms with Crippen LogP contribution in [0.2, 0.25) is 0 Å². The molecule has 4 heteroatoms. The molecule has 64 heavy (non-hydrogen) atoms. The van der Waals surface area contributed by atoms with Crippen molar-refractivity contribution in [1.29, 1.82) is 0 Å². The van der Waals surface area contributed by atoms with Gasteiger partial charge in [0.05, 0.1) is 28.0 Å². The van der Waals surface area contributed by atoms with E-state index in [-0.39, 0.29) is 0 Å². The van der Waals surface area contributed by atoms with Gasteiger partial charge in [-0.2, -0.15) is 0 Å². The summed E-state index contributed by atoms with van der Waals surface area (Å²) in [7, 11) is 0. The van der Waals surface area contributed by atoms with Crippen LogP contribution in [0.25, 0.3) is 89.1 Å². The van der Waals surface area contributed by atoms with Gasteiger partial charge in [-0.05, 0) is 63.7 Å². The van der Waals surface area contributed by atoms with E-state index >= 15 is 0 Å². The van der Waals surface area contributed by atoms with E-state index in [1.165, 1.54) is 22.3 Å². The number of hydrogen-bond donors (Lipinski definition) is 0. The van der Waals surface area contributed by atoms with Gasteiger partial charge in [0.25, 0.3) is 0 Å². The van der Waals surface area contributed by atoms with E-state index in [9.17, 15) is 0 Å².